The molecule has 11 heavy (non-hydrogen) atoms. The van der Waals surface area contributed by atoms with Crippen LogP contribution in [0.4, 0.5) is 0 Å². The standard InChI is InChI=1S/C10H17N/c1-3-9(4-2)10-6-5-7-11-8-10/h5-6,8-10H,3-4,7H2,1-2H3. The highest BCUT2D eigenvalue weighted by atomic mass is 14.7. The first-order chi connectivity index (χ1) is 5.38. The van der Waals surface area contributed by atoms with Crippen LogP contribution in [-0.2, 0) is 0 Å². The molecule has 0 amide bonds. The number of aliphatic imine (C=N–C) groups is 1. The Labute approximate surface area is 69.2 Å². The molecule has 0 aromatic heterocycles. The molecule has 1 nitrogen and oxygen atoms in total. The van der Waals surface area contributed by atoms with Crippen molar-refractivity contribution in [3.05, 3.63) is 12.2 Å². The van der Waals surface area contributed by atoms with Gasteiger partial charge in [-0.1, -0.05) is 38.8 Å². The lowest BCUT2D eigenvalue weighted by molar-refractivity contribution is 0.445. The Hall–Kier alpha value is -0.590. The number of hydrogen-bond donors (Lipinski definition) is 0. The van der Waals surface area contributed by atoms with Gasteiger partial charge in [0.25, 0.3) is 0 Å². The third-order valence-electron chi connectivity index (χ3n) is 2.44. The average Bonchev–Trinajstić information content (AvgIpc) is 2.09. The van der Waals surface area contributed by atoms with Gasteiger partial charge < -0.3 is 0 Å². The number of allylic oxidation sites excluding steroid dienone is 1. The van der Waals surface area contributed by atoms with E-state index in [9.17, 15) is 0 Å². The monoisotopic (exact) mass is 151 g/mol. The maximum absolute atomic E-state index is 4.26. The Balaban J connectivity index is 2.49. The molecule has 0 aromatic carbocycles. The van der Waals surface area contributed by atoms with Gasteiger partial charge in [-0.15, -0.1) is 0 Å². The van der Waals surface area contributed by atoms with Gasteiger partial charge in [0.05, 0.1) is 6.54 Å². The van der Waals surface area contributed by atoms with Crippen molar-refractivity contribution in [2.45, 2.75) is 26.7 Å². The van der Waals surface area contributed by atoms with Crippen LogP contribution in [-0.4, -0.2) is 12.8 Å². The molecular weight excluding hydrogens is 134 g/mol. The van der Waals surface area contributed by atoms with Crippen LogP contribution in [0.2, 0.25) is 0 Å². The minimum atomic E-state index is 0.610. The van der Waals surface area contributed by atoms with E-state index in [1.165, 1.54) is 12.8 Å². The summed E-state index contributed by atoms with van der Waals surface area (Å²) in [6, 6.07) is 0. The zero-order chi connectivity index (χ0) is 8.10. The SMILES string of the molecule is CCC(CC)C1C=CCN=C1. The maximum Gasteiger partial charge on any atom is 0.0566 e. The van der Waals surface area contributed by atoms with Crippen molar-refractivity contribution < 1.29 is 0 Å². The molecule has 1 heterocycles. The molecule has 0 saturated heterocycles. The first-order valence-electron chi connectivity index (χ1n) is 4.55. The van der Waals surface area contributed by atoms with Crippen molar-refractivity contribution in [1.82, 2.24) is 0 Å². The Kier molecular flexibility index (Phi) is 3.34. The molecule has 1 heteroatoms. The minimum absolute atomic E-state index is 0.610. The molecule has 0 spiro atoms. The quantitative estimate of drug-likeness (QED) is 0.550. The Morgan fingerprint density at radius 3 is 2.64 bits per heavy atom. The van der Waals surface area contributed by atoms with Crippen LogP contribution < -0.4 is 0 Å². The first kappa shape index (κ1) is 8.51. The summed E-state index contributed by atoms with van der Waals surface area (Å²) in [6.45, 7) is 5.39. The second-order valence-corrected chi connectivity index (χ2v) is 3.10. The van der Waals surface area contributed by atoms with Crippen LogP contribution >= 0.6 is 0 Å². The van der Waals surface area contributed by atoms with E-state index in [0.717, 1.165) is 12.5 Å². The highest BCUT2D eigenvalue weighted by Crippen LogP contribution is 2.20. The van der Waals surface area contributed by atoms with Crippen molar-refractivity contribution in [3.63, 3.8) is 0 Å². The smallest absolute Gasteiger partial charge is 0.0566 e. The van der Waals surface area contributed by atoms with Crippen LogP contribution in [0.1, 0.15) is 26.7 Å². The molecule has 1 aliphatic heterocycles. The molecule has 0 fully saturated rings. The Morgan fingerprint density at radius 1 is 1.45 bits per heavy atom. The molecule has 1 atom stereocenters. The topological polar surface area (TPSA) is 12.4 Å². The van der Waals surface area contributed by atoms with Crippen molar-refractivity contribution in [2.75, 3.05) is 6.54 Å². The summed E-state index contributed by atoms with van der Waals surface area (Å²) in [6.07, 6.45) is 9.10. The summed E-state index contributed by atoms with van der Waals surface area (Å²) < 4.78 is 0. The summed E-state index contributed by atoms with van der Waals surface area (Å²) in [5, 5.41) is 0. The van der Waals surface area contributed by atoms with Gasteiger partial charge in [-0.25, -0.2) is 0 Å². The van der Waals surface area contributed by atoms with Gasteiger partial charge in [-0.05, 0) is 5.92 Å². The summed E-state index contributed by atoms with van der Waals surface area (Å²) in [7, 11) is 0. The van der Waals surface area contributed by atoms with Gasteiger partial charge >= 0.3 is 0 Å². The van der Waals surface area contributed by atoms with E-state index >= 15 is 0 Å². The van der Waals surface area contributed by atoms with Crippen molar-refractivity contribution in [3.8, 4) is 0 Å². The van der Waals surface area contributed by atoms with Gasteiger partial charge in [0, 0.05) is 12.1 Å². The molecule has 1 rings (SSSR count). The van der Waals surface area contributed by atoms with E-state index < -0.39 is 0 Å². The average molecular weight is 151 g/mol. The number of hydrogen-bond acceptors (Lipinski definition) is 1. The van der Waals surface area contributed by atoms with Crippen molar-refractivity contribution in [1.29, 1.82) is 0 Å². The van der Waals surface area contributed by atoms with Gasteiger partial charge in [0.2, 0.25) is 0 Å². The number of nitrogens with zero attached hydrogens (tertiary/aromatic N) is 1. The fourth-order valence-electron chi connectivity index (χ4n) is 1.62. The van der Waals surface area contributed by atoms with Gasteiger partial charge in [0.1, 0.15) is 0 Å². The van der Waals surface area contributed by atoms with E-state index in [-0.39, 0.29) is 0 Å². The molecule has 0 aromatic rings. The Morgan fingerprint density at radius 2 is 2.18 bits per heavy atom. The third-order valence-corrected chi connectivity index (χ3v) is 2.44. The molecule has 0 aliphatic carbocycles. The highest BCUT2D eigenvalue weighted by Gasteiger charge is 2.14. The normalized spacial score (nSPS) is 23.0. The first-order valence-corrected chi connectivity index (χ1v) is 4.55. The van der Waals surface area contributed by atoms with Crippen LogP contribution in [0, 0.1) is 11.8 Å². The van der Waals surface area contributed by atoms with Crippen LogP contribution in [0.3, 0.4) is 0 Å². The largest absolute Gasteiger partial charge is 0.293 e. The van der Waals surface area contributed by atoms with Crippen LogP contribution in [0.15, 0.2) is 17.1 Å². The van der Waals surface area contributed by atoms with E-state index in [1.807, 2.05) is 0 Å². The molecule has 0 N–H and O–H groups in total. The summed E-state index contributed by atoms with van der Waals surface area (Å²) in [4.78, 5) is 4.26. The molecule has 0 saturated carbocycles. The minimum Gasteiger partial charge on any atom is -0.293 e. The lowest BCUT2D eigenvalue weighted by Crippen LogP contribution is -2.14. The second-order valence-electron chi connectivity index (χ2n) is 3.10. The molecular formula is C10H17N. The van der Waals surface area contributed by atoms with Crippen molar-refractivity contribution >= 4 is 6.21 Å². The lowest BCUT2D eigenvalue weighted by Gasteiger charge is -2.19. The van der Waals surface area contributed by atoms with Gasteiger partial charge in [-0.2, -0.15) is 0 Å². The van der Waals surface area contributed by atoms with E-state index in [0.29, 0.717) is 5.92 Å². The predicted molar refractivity (Wildman–Crippen MR) is 50.1 cm³/mol. The number of rotatable bonds is 3. The fourth-order valence-corrected chi connectivity index (χ4v) is 1.62. The Bertz CT molecular complexity index is 142. The van der Waals surface area contributed by atoms with Crippen LogP contribution in [0.5, 0.6) is 0 Å². The lowest BCUT2D eigenvalue weighted by atomic mass is 9.88. The number of dihydropyridines is 1. The molecule has 0 bridgehead atoms. The fraction of sp³-hybridized carbons (Fsp3) is 0.700. The summed E-state index contributed by atoms with van der Waals surface area (Å²) in [5.74, 6) is 1.41. The van der Waals surface area contributed by atoms with E-state index in [2.05, 4.69) is 37.2 Å². The molecule has 1 unspecified atom stereocenters. The zero-order valence-electron chi connectivity index (χ0n) is 7.46. The molecule has 62 valence electrons. The maximum atomic E-state index is 4.26. The predicted octanol–water partition coefficient (Wildman–Crippen LogP) is 2.68. The van der Waals surface area contributed by atoms with Crippen molar-refractivity contribution in [2.24, 2.45) is 16.8 Å². The molecule has 0 radical (unpaired) electrons. The van der Waals surface area contributed by atoms with E-state index in [1.54, 1.807) is 0 Å². The second kappa shape index (κ2) is 4.32. The third kappa shape index (κ3) is 2.18. The summed E-state index contributed by atoms with van der Waals surface area (Å²) >= 11 is 0. The van der Waals surface area contributed by atoms with Gasteiger partial charge in [0.15, 0.2) is 0 Å². The van der Waals surface area contributed by atoms with Gasteiger partial charge in [-0.3, -0.25) is 4.99 Å². The summed E-state index contributed by atoms with van der Waals surface area (Å²) in [5.41, 5.74) is 0. The van der Waals surface area contributed by atoms with E-state index in [4.69, 9.17) is 0 Å². The highest BCUT2D eigenvalue weighted by molar-refractivity contribution is 5.65. The van der Waals surface area contributed by atoms with Crippen LogP contribution in [0.25, 0.3) is 0 Å². The zero-order valence-corrected chi connectivity index (χ0v) is 7.46. The molecule has 1 aliphatic rings.